The van der Waals surface area contributed by atoms with Gasteiger partial charge in [0.15, 0.2) is 0 Å². The molecule has 0 atom stereocenters. The molecule has 0 radical (unpaired) electrons. The molecule has 0 aromatic rings. The zero-order valence-corrected chi connectivity index (χ0v) is 12.4. The van der Waals surface area contributed by atoms with Crippen LogP contribution in [-0.2, 0) is 0 Å². The van der Waals surface area contributed by atoms with Gasteiger partial charge in [-0.25, -0.2) is 0 Å². The summed E-state index contributed by atoms with van der Waals surface area (Å²) >= 11 is 0. The van der Waals surface area contributed by atoms with Crippen molar-refractivity contribution < 1.29 is 70.6 Å². The van der Waals surface area contributed by atoms with Crippen molar-refractivity contribution in [1.29, 1.82) is 0 Å². The molecule has 0 aromatic carbocycles. The van der Waals surface area contributed by atoms with E-state index >= 15 is 0 Å². The van der Waals surface area contributed by atoms with Crippen LogP contribution in [0.25, 0.3) is 0 Å². The maximum atomic E-state index is 7.33. The molecular formula is H4CaKMgO4Si+5. The van der Waals surface area contributed by atoms with Crippen molar-refractivity contribution in [2.24, 2.45) is 0 Å². The summed E-state index contributed by atoms with van der Waals surface area (Å²) in [5.74, 6) is 0. The maximum absolute atomic E-state index is 7.33. The normalized spacial score (nSPS) is 7.50. The Kier molecular flexibility index (Phi) is 30.3. The molecule has 0 rings (SSSR count). The topological polar surface area (TPSA) is 80.9 Å². The first-order valence-corrected chi connectivity index (χ1v) is 2.68. The van der Waals surface area contributed by atoms with Crippen molar-refractivity contribution in [3.05, 3.63) is 0 Å². The zero-order valence-electron chi connectivity index (χ0n) is 4.70. The molecule has 32 valence electrons. The van der Waals surface area contributed by atoms with Gasteiger partial charge in [0, 0.05) is 0 Å². The van der Waals surface area contributed by atoms with Gasteiger partial charge in [-0.2, -0.15) is 0 Å². The van der Waals surface area contributed by atoms with Crippen molar-refractivity contribution in [2.45, 2.75) is 0 Å². The predicted molar refractivity (Wildman–Crippen MR) is 26.1 cm³/mol. The third-order valence-corrected chi connectivity index (χ3v) is 0. The molecule has 0 amide bonds. The summed E-state index contributed by atoms with van der Waals surface area (Å²) in [6, 6.07) is 0. The van der Waals surface area contributed by atoms with Crippen LogP contribution in [-0.4, -0.2) is 89.0 Å². The fourth-order valence-corrected chi connectivity index (χ4v) is 0. The number of rotatable bonds is 0. The van der Waals surface area contributed by atoms with E-state index in [1.165, 1.54) is 0 Å². The van der Waals surface area contributed by atoms with Crippen LogP contribution < -0.4 is 51.4 Å². The van der Waals surface area contributed by atoms with Crippen molar-refractivity contribution in [3.8, 4) is 0 Å². The zero-order chi connectivity index (χ0) is 4.50. The van der Waals surface area contributed by atoms with E-state index in [1.807, 2.05) is 0 Å². The second-order valence-corrected chi connectivity index (χ2v) is 1.80. The second kappa shape index (κ2) is 10.7. The van der Waals surface area contributed by atoms with Gasteiger partial charge in [-0.05, 0) is 0 Å². The van der Waals surface area contributed by atoms with E-state index in [0.29, 0.717) is 0 Å². The Hall–Kier alpha value is 3.72. The van der Waals surface area contributed by atoms with Gasteiger partial charge < -0.3 is 19.2 Å². The Morgan fingerprint density at radius 2 is 0.875 bits per heavy atom. The molecule has 8 heavy (non-hydrogen) atoms. The Morgan fingerprint density at radius 3 is 0.875 bits per heavy atom. The van der Waals surface area contributed by atoms with Gasteiger partial charge in [-0.1, -0.05) is 0 Å². The van der Waals surface area contributed by atoms with Gasteiger partial charge in [0.2, 0.25) is 0 Å². The summed E-state index contributed by atoms with van der Waals surface area (Å²) in [5, 5.41) is 0. The molecule has 0 saturated carbocycles. The minimum atomic E-state index is -4.61. The molecule has 0 spiro atoms. The Labute approximate surface area is 137 Å². The third-order valence-electron chi connectivity index (χ3n) is 0. The summed E-state index contributed by atoms with van der Waals surface area (Å²) in [5.41, 5.74) is 0. The summed E-state index contributed by atoms with van der Waals surface area (Å²) in [6.07, 6.45) is 0. The first kappa shape index (κ1) is 22.6. The van der Waals surface area contributed by atoms with Crippen molar-refractivity contribution in [1.82, 2.24) is 0 Å². The third kappa shape index (κ3) is 53.4. The van der Waals surface area contributed by atoms with E-state index < -0.39 is 9.05 Å². The molecule has 8 heteroatoms. The van der Waals surface area contributed by atoms with Gasteiger partial charge >= 0.3 is 121 Å². The molecule has 4 nitrogen and oxygen atoms in total. The maximum Gasteiger partial charge on any atom is 2.00 e. The van der Waals surface area contributed by atoms with Crippen LogP contribution in [0.4, 0.5) is 0 Å². The molecule has 0 aliphatic carbocycles. The largest absolute Gasteiger partial charge is 2.00 e. The summed E-state index contributed by atoms with van der Waals surface area (Å²) in [4.78, 5) is 29.3. The summed E-state index contributed by atoms with van der Waals surface area (Å²) in [7, 11) is -4.61. The van der Waals surface area contributed by atoms with Crippen LogP contribution >= 0.6 is 0 Å². The standard InChI is InChI=1S/Ca.K.Mg.H4O4Si/c;;;1-5(2,3)4/h;;;1-4H/q+2;+1;+2;. The van der Waals surface area contributed by atoms with E-state index in [4.69, 9.17) is 19.2 Å². The van der Waals surface area contributed by atoms with Crippen LogP contribution in [0.5, 0.6) is 0 Å². The van der Waals surface area contributed by atoms with Gasteiger partial charge in [-0.3, -0.25) is 0 Å². The van der Waals surface area contributed by atoms with Crippen LogP contribution in [0.2, 0.25) is 0 Å². The Balaban J connectivity index is -0.0000000267. The summed E-state index contributed by atoms with van der Waals surface area (Å²) in [6.45, 7) is 0. The fraction of sp³-hybridized carbons (Fsp3) is 0. The SMILES string of the molecule is O[Si](O)(O)O.[Ca+2].[K+].[Mg+2]. The molecule has 4 N–H and O–H groups in total. The molecule has 0 unspecified atom stereocenters. The first-order valence-electron chi connectivity index (χ1n) is 0.894. The van der Waals surface area contributed by atoms with Crippen LogP contribution in [0.15, 0.2) is 0 Å². The monoisotopic (exact) mass is 199 g/mol. The van der Waals surface area contributed by atoms with Gasteiger partial charge in [0.05, 0.1) is 0 Å². The number of hydrogen-bond donors (Lipinski definition) is 4. The fourth-order valence-electron chi connectivity index (χ4n) is 0. The summed E-state index contributed by atoms with van der Waals surface area (Å²) < 4.78 is 0. The van der Waals surface area contributed by atoms with Gasteiger partial charge in [-0.15, -0.1) is 0 Å². The minimum Gasteiger partial charge on any atom is -0.368 e. The molecule has 0 aliphatic heterocycles. The molecule has 0 aromatic heterocycles. The quantitative estimate of drug-likeness (QED) is 0.293. The van der Waals surface area contributed by atoms with E-state index in [0.717, 1.165) is 0 Å². The van der Waals surface area contributed by atoms with Crippen LogP contribution in [0.1, 0.15) is 0 Å². The van der Waals surface area contributed by atoms with E-state index in [-0.39, 0.29) is 112 Å². The smallest absolute Gasteiger partial charge is 0.368 e. The van der Waals surface area contributed by atoms with Crippen molar-refractivity contribution in [3.63, 3.8) is 0 Å². The van der Waals surface area contributed by atoms with Crippen molar-refractivity contribution in [2.75, 3.05) is 0 Å². The van der Waals surface area contributed by atoms with E-state index in [2.05, 4.69) is 0 Å². The first-order chi connectivity index (χ1) is 2.00. The van der Waals surface area contributed by atoms with Crippen molar-refractivity contribution >= 4 is 69.8 Å². The Morgan fingerprint density at radius 1 is 0.875 bits per heavy atom. The van der Waals surface area contributed by atoms with Gasteiger partial charge in [0.25, 0.3) is 0 Å². The second-order valence-electron chi connectivity index (χ2n) is 0.600. The molecule has 0 aliphatic rings. The van der Waals surface area contributed by atoms with E-state index in [1.54, 1.807) is 0 Å². The molecular weight excluding hydrogens is 196 g/mol. The van der Waals surface area contributed by atoms with E-state index in [9.17, 15) is 0 Å². The van der Waals surface area contributed by atoms with Crippen LogP contribution in [0, 0.1) is 0 Å². The average molecular weight is 200 g/mol. The van der Waals surface area contributed by atoms with Crippen LogP contribution in [0.3, 0.4) is 0 Å². The predicted octanol–water partition coefficient (Wildman–Crippen LogP) is -6.37. The minimum absolute atomic E-state index is 0. The molecule has 0 fully saturated rings. The molecule has 0 saturated heterocycles. The molecule has 0 heterocycles. The number of hydrogen-bond acceptors (Lipinski definition) is 4. The Bertz CT molecular complexity index is 31.5. The van der Waals surface area contributed by atoms with Gasteiger partial charge in [0.1, 0.15) is 0 Å². The molecule has 0 bridgehead atoms. The average Bonchev–Trinajstić information content (AvgIpc) is 0.722.